The molecular formula is C75H100N2O. The molecule has 3 saturated carbocycles. The van der Waals surface area contributed by atoms with Gasteiger partial charge in [0.25, 0.3) is 0 Å². The summed E-state index contributed by atoms with van der Waals surface area (Å²) in [6.07, 6.45) is 78.2. The van der Waals surface area contributed by atoms with E-state index in [2.05, 4.69) is 141 Å². The van der Waals surface area contributed by atoms with Gasteiger partial charge < -0.3 is 14.5 Å². The van der Waals surface area contributed by atoms with Crippen LogP contribution in [0.4, 0.5) is 0 Å². The summed E-state index contributed by atoms with van der Waals surface area (Å²) >= 11 is 0. The zero-order chi connectivity index (χ0) is 53.0. The van der Waals surface area contributed by atoms with Gasteiger partial charge in [0, 0.05) is 65.2 Å². The zero-order valence-electron chi connectivity index (χ0n) is 49.0. The highest BCUT2D eigenvalue weighted by molar-refractivity contribution is 5.44. The van der Waals surface area contributed by atoms with Gasteiger partial charge in [0.15, 0.2) is 0 Å². The van der Waals surface area contributed by atoms with Crippen LogP contribution in [0.5, 0.6) is 0 Å². The molecule has 0 aromatic heterocycles. The molecule has 0 aromatic rings. The molecule has 3 heteroatoms. The molecule has 78 heavy (non-hydrogen) atoms. The molecule has 0 bridgehead atoms. The first-order chi connectivity index (χ1) is 38.2. The van der Waals surface area contributed by atoms with E-state index >= 15 is 0 Å². The van der Waals surface area contributed by atoms with Crippen LogP contribution in [-0.4, -0.2) is 34.0 Å². The molecule has 1 aliphatic heterocycles. The number of allylic oxidation sites excluding steroid dienone is 21. The first kappa shape index (κ1) is 53.1. The van der Waals surface area contributed by atoms with Crippen LogP contribution in [0.25, 0.3) is 0 Å². The Labute approximate surface area is 474 Å². The van der Waals surface area contributed by atoms with Crippen molar-refractivity contribution in [2.45, 2.75) is 231 Å². The molecule has 0 N–H and O–H groups in total. The molecule has 14 unspecified atom stereocenters. The van der Waals surface area contributed by atoms with Gasteiger partial charge in [0.05, 0.1) is 11.8 Å². The van der Waals surface area contributed by atoms with E-state index in [-0.39, 0.29) is 10.8 Å². The lowest BCUT2D eigenvalue weighted by molar-refractivity contribution is 0.0759. The number of rotatable bonds is 12. The first-order valence-corrected chi connectivity index (χ1v) is 33.0. The Morgan fingerprint density at radius 1 is 0.692 bits per heavy atom. The number of ether oxygens (including phenoxy) is 1. The molecule has 4 fully saturated rings. The third-order valence-corrected chi connectivity index (χ3v) is 23.6. The lowest BCUT2D eigenvalue weighted by Gasteiger charge is -2.53. The lowest BCUT2D eigenvalue weighted by atomic mass is 9.54. The smallest absolute Gasteiger partial charge is 0.102 e. The summed E-state index contributed by atoms with van der Waals surface area (Å²) < 4.78 is 6.96. The fraction of sp³-hybridized carbons (Fsp3) is 0.627. The second-order valence-corrected chi connectivity index (χ2v) is 28.4. The molecule has 12 aliphatic carbocycles. The van der Waals surface area contributed by atoms with Crippen LogP contribution in [0.1, 0.15) is 207 Å². The van der Waals surface area contributed by atoms with Crippen molar-refractivity contribution in [2.75, 3.05) is 0 Å². The normalized spacial score (nSPS) is 38.7. The number of likely N-dealkylation sites (tertiary alicyclic amines) is 1. The van der Waals surface area contributed by atoms with Gasteiger partial charge in [0.1, 0.15) is 6.10 Å². The molecule has 416 valence electrons. The molecule has 14 atom stereocenters. The van der Waals surface area contributed by atoms with Crippen LogP contribution >= 0.6 is 0 Å². The SMILES string of the molecule is C=CC1=CCC(N2C3=CC=CCC3C3C=C(C4CC=C(N(C5=CCCCC5C5=CCCCC5)C5CCC6C7CCCCC7C(C7=CC=C(C(C)(C)C)CC7)(C7=CCC(OC8=CCC(C=C)CC8)CC7)C6C5)CC4)C=CC32)CC1. The van der Waals surface area contributed by atoms with E-state index in [1.807, 2.05) is 11.1 Å². The minimum absolute atomic E-state index is 0.170. The average molecular weight is 1050 g/mol. The van der Waals surface area contributed by atoms with Crippen LogP contribution in [0.15, 0.2) is 167 Å². The van der Waals surface area contributed by atoms with E-state index in [0.717, 1.165) is 49.9 Å². The molecule has 0 amide bonds. The largest absolute Gasteiger partial charge is 0.495 e. The molecule has 1 saturated heterocycles. The monoisotopic (exact) mass is 1040 g/mol. The molecule has 0 radical (unpaired) electrons. The standard InChI is InChI=1S/C75H100N2O/c1-6-51-25-38-60(39-26-51)77-72-24-16-13-21-67(72)68-49-55(31-48-73(68)77)53-29-40-59(41-30-53)76(71-23-15-12-19-64(71)54-17-9-8-10-18-54)61-42-47-66-65-20-11-14-22-69(65)75(70(66)50-61,57-34-32-56(33-35-57)74(3,4)5)58-36-45-63(46-37-58)78-62-43-27-52(7-2)28-44-62/h6-7,13,16-17,23-25,31-32,34,36,40,43,48-49,52-53,60-61,63-70,73H,1-2,8-12,14-15,18-22,26-30,33,35,37-39,41-42,44-47,50H2,3-5H3. The van der Waals surface area contributed by atoms with Gasteiger partial charge in [-0.3, -0.25) is 0 Å². The van der Waals surface area contributed by atoms with E-state index in [9.17, 15) is 0 Å². The van der Waals surface area contributed by atoms with Crippen molar-refractivity contribution < 1.29 is 4.74 Å². The van der Waals surface area contributed by atoms with E-state index in [4.69, 9.17) is 4.74 Å². The van der Waals surface area contributed by atoms with Gasteiger partial charge in [-0.05, 0) is 219 Å². The number of fused-ring (bicyclic) bond motifs is 6. The maximum Gasteiger partial charge on any atom is 0.102 e. The van der Waals surface area contributed by atoms with Crippen molar-refractivity contribution in [3.8, 4) is 0 Å². The molecule has 3 nitrogen and oxygen atoms in total. The third kappa shape index (κ3) is 9.87. The minimum atomic E-state index is 0.170. The second kappa shape index (κ2) is 22.6. The topological polar surface area (TPSA) is 15.7 Å². The van der Waals surface area contributed by atoms with Crippen LogP contribution < -0.4 is 0 Å². The van der Waals surface area contributed by atoms with Crippen molar-refractivity contribution in [1.82, 2.24) is 9.80 Å². The van der Waals surface area contributed by atoms with Crippen LogP contribution in [-0.2, 0) is 4.74 Å². The minimum Gasteiger partial charge on any atom is -0.495 e. The summed E-state index contributed by atoms with van der Waals surface area (Å²) in [5.41, 5.74) is 15.7. The van der Waals surface area contributed by atoms with Gasteiger partial charge in [-0.25, -0.2) is 0 Å². The molecule has 13 aliphatic rings. The Morgan fingerprint density at radius 2 is 1.59 bits per heavy atom. The average Bonchev–Trinajstić information content (AvgIpc) is 4.21. The predicted molar refractivity (Wildman–Crippen MR) is 327 cm³/mol. The second-order valence-electron chi connectivity index (χ2n) is 28.4. The highest BCUT2D eigenvalue weighted by Gasteiger charge is 2.64. The Hall–Kier alpha value is -4.24. The van der Waals surface area contributed by atoms with Crippen LogP contribution in [0.2, 0.25) is 0 Å². The highest BCUT2D eigenvalue weighted by atomic mass is 16.5. The van der Waals surface area contributed by atoms with Crippen molar-refractivity contribution in [1.29, 1.82) is 0 Å². The van der Waals surface area contributed by atoms with Gasteiger partial charge in [-0.15, -0.1) is 6.58 Å². The summed E-state index contributed by atoms with van der Waals surface area (Å²) in [5, 5.41) is 0. The molecular weight excluding hydrogens is 945 g/mol. The Kier molecular flexibility index (Phi) is 15.4. The van der Waals surface area contributed by atoms with Gasteiger partial charge in [0.2, 0.25) is 0 Å². The summed E-state index contributed by atoms with van der Waals surface area (Å²) in [7, 11) is 0. The van der Waals surface area contributed by atoms with E-state index in [0.29, 0.717) is 59.7 Å². The molecule has 1 heterocycles. The lowest BCUT2D eigenvalue weighted by Crippen LogP contribution is -2.47. The Balaban J connectivity index is 0.834. The molecule has 13 rings (SSSR count). The van der Waals surface area contributed by atoms with E-state index in [1.165, 1.54) is 165 Å². The molecule has 0 aromatic carbocycles. The van der Waals surface area contributed by atoms with Gasteiger partial charge in [-0.1, -0.05) is 153 Å². The predicted octanol–water partition coefficient (Wildman–Crippen LogP) is 19.7. The van der Waals surface area contributed by atoms with Crippen LogP contribution in [0.3, 0.4) is 0 Å². The van der Waals surface area contributed by atoms with Crippen LogP contribution in [0, 0.1) is 64.1 Å². The number of hydrogen-bond acceptors (Lipinski definition) is 3. The Morgan fingerprint density at radius 3 is 2.33 bits per heavy atom. The maximum atomic E-state index is 6.96. The number of hydrogen-bond donors (Lipinski definition) is 0. The fourth-order valence-electron chi connectivity index (χ4n) is 19.8. The quantitative estimate of drug-likeness (QED) is 0.181. The van der Waals surface area contributed by atoms with Crippen molar-refractivity contribution in [3.05, 3.63) is 167 Å². The van der Waals surface area contributed by atoms with Crippen molar-refractivity contribution in [3.63, 3.8) is 0 Å². The van der Waals surface area contributed by atoms with Crippen molar-refractivity contribution in [2.24, 2.45) is 64.1 Å². The summed E-state index contributed by atoms with van der Waals surface area (Å²) in [4.78, 5) is 6.04. The fourth-order valence-corrected chi connectivity index (χ4v) is 19.8. The number of nitrogens with zero attached hydrogens (tertiary/aromatic N) is 2. The summed E-state index contributed by atoms with van der Waals surface area (Å²) in [6.45, 7) is 15.6. The zero-order valence-corrected chi connectivity index (χ0v) is 49.0. The van der Waals surface area contributed by atoms with Gasteiger partial charge >= 0.3 is 0 Å². The first-order valence-electron chi connectivity index (χ1n) is 33.0. The summed E-state index contributed by atoms with van der Waals surface area (Å²) in [5.74, 6) is 7.41. The van der Waals surface area contributed by atoms with E-state index in [1.54, 1.807) is 33.8 Å². The van der Waals surface area contributed by atoms with E-state index < -0.39 is 0 Å². The summed E-state index contributed by atoms with van der Waals surface area (Å²) in [6, 6.07) is 1.63. The highest BCUT2D eigenvalue weighted by Crippen LogP contribution is 2.71. The maximum absolute atomic E-state index is 6.96. The Bertz CT molecular complexity index is 2690. The molecule has 0 spiro atoms. The third-order valence-electron chi connectivity index (χ3n) is 23.6. The van der Waals surface area contributed by atoms with Gasteiger partial charge in [-0.2, -0.15) is 0 Å². The van der Waals surface area contributed by atoms with Crippen molar-refractivity contribution >= 4 is 0 Å².